The van der Waals surface area contributed by atoms with Crippen LogP contribution in [0.5, 0.6) is 5.75 Å². The second-order valence-corrected chi connectivity index (χ2v) is 3.60. The normalized spacial score (nSPS) is 20.4. The van der Waals surface area contributed by atoms with Gasteiger partial charge in [-0.1, -0.05) is 12.6 Å². The van der Waals surface area contributed by atoms with Crippen LogP contribution in [-0.2, 0) is 6.42 Å². The number of aliphatic hydroxyl groups excluding tert-OH is 1. The smallest absolute Gasteiger partial charge is 0.119 e. The van der Waals surface area contributed by atoms with E-state index in [0.29, 0.717) is 0 Å². The predicted octanol–water partition coefficient (Wildman–Crippen LogP) is 2.02. The predicted molar refractivity (Wildman–Crippen MR) is 56.4 cm³/mol. The Hall–Kier alpha value is -1.28. The molecule has 1 atom stereocenters. The number of ether oxygens (including phenoxy) is 1. The van der Waals surface area contributed by atoms with Crippen LogP contribution >= 0.6 is 0 Å². The van der Waals surface area contributed by atoms with Crippen molar-refractivity contribution in [3.63, 3.8) is 0 Å². The number of rotatable bonds is 1. The van der Waals surface area contributed by atoms with Gasteiger partial charge in [-0.05, 0) is 41.7 Å². The van der Waals surface area contributed by atoms with E-state index in [1.54, 1.807) is 7.11 Å². The Balaban J connectivity index is 2.44. The zero-order valence-corrected chi connectivity index (χ0v) is 8.29. The van der Waals surface area contributed by atoms with E-state index in [1.807, 2.05) is 18.2 Å². The van der Waals surface area contributed by atoms with E-state index < -0.39 is 0 Å². The number of aryl methyl sites for hydroxylation is 1. The second-order valence-electron chi connectivity index (χ2n) is 3.60. The molecule has 1 N–H and O–H groups in total. The van der Waals surface area contributed by atoms with Gasteiger partial charge in [-0.3, -0.25) is 0 Å². The number of benzene rings is 1. The highest BCUT2D eigenvalue weighted by atomic mass is 16.5. The van der Waals surface area contributed by atoms with Crippen LogP contribution in [0.15, 0.2) is 24.8 Å². The van der Waals surface area contributed by atoms with Gasteiger partial charge in [0.2, 0.25) is 0 Å². The molecular weight excluding hydrogens is 176 g/mol. The standard InChI is InChI=1S/C12H14O2/c1-8-11-5-4-10(14-2)7-9(11)3-6-12(8)13/h4-5,7,12-13H,1,3,6H2,2H3. The summed E-state index contributed by atoms with van der Waals surface area (Å²) in [5.74, 6) is 0.868. The number of hydrogen-bond acceptors (Lipinski definition) is 2. The summed E-state index contributed by atoms with van der Waals surface area (Å²) < 4.78 is 5.15. The van der Waals surface area contributed by atoms with Crippen LogP contribution in [0, 0.1) is 0 Å². The molecule has 0 bridgehead atoms. The molecule has 0 aliphatic heterocycles. The fourth-order valence-electron chi connectivity index (χ4n) is 1.86. The lowest BCUT2D eigenvalue weighted by Gasteiger charge is -2.23. The van der Waals surface area contributed by atoms with Gasteiger partial charge in [0, 0.05) is 0 Å². The van der Waals surface area contributed by atoms with Crippen molar-refractivity contribution in [2.75, 3.05) is 7.11 Å². The van der Waals surface area contributed by atoms with Crippen molar-refractivity contribution in [1.82, 2.24) is 0 Å². The Labute approximate surface area is 83.8 Å². The molecular formula is C12H14O2. The van der Waals surface area contributed by atoms with Gasteiger partial charge in [-0.15, -0.1) is 0 Å². The lowest BCUT2D eigenvalue weighted by molar-refractivity contribution is 0.218. The van der Waals surface area contributed by atoms with Crippen LogP contribution in [0.4, 0.5) is 0 Å². The van der Waals surface area contributed by atoms with Crippen LogP contribution < -0.4 is 4.74 Å². The molecule has 2 heteroatoms. The first-order valence-corrected chi connectivity index (χ1v) is 4.76. The summed E-state index contributed by atoms with van der Waals surface area (Å²) >= 11 is 0. The van der Waals surface area contributed by atoms with E-state index in [0.717, 1.165) is 29.7 Å². The zero-order valence-electron chi connectivity index (χ0n) is 8.29. The van der Waals surface area contributed by atoms with Gasteiger partial charge < -0.3 is 9.84 Å². The van der Waals surface area contributed by atoms with Gasteiger partial charge in [0.1, 0.15) is 5.75 Å². The van der Waals surface area contributed by atoms with Crippen LogP contribution in [0.2, 0.25) is 0 Å². The lowest BCUT2D eigenvalue weighted by atomic mass is 9.86. The van der Waals surface area contributed by atoms with Crippen LogP contribution in [-0.4, -0.2) is 18.3 Å². The molecule has 1 aromatic rings. The number of methoxy groups -OCH3 is 1. The maximum Gasteiger partial charge on any atom is 0.119 e. The number of hydrogen-bond donors (Lipinski definition) is 1. The molecule has 1 unspecified atom stereocenters. The average Bonchev–Trinajstić information content (AvgIpc) is 2.23. The number of aliphatic hydroxyl groups is 1. The SMILES string of the molecule is C=C1c2ccc(OC)cc2CCC1O. The van der Waals surface area contributed by atoms with Crippen molar-refractivity contribution in [1.29, 1.82) is 0 Å². The highest BCUT2D eigenvalue weighted by Gasteiger charge is 2.20. The molecule has 1 aliphatic carbocycles. The van der Waals surface area contributed by atoms with E-state index in [-0.39, 0.29) is 6.10 Å². The van der Waals surface area contributed by atoms with E-state index in [2.05, 4.69) is 6.58 Å². The minimum Gasteiger partial charge on any atom is -0.497 e. The first-order valence-electron chi connectivity index (χ1n) is 4.76. The van der Waals surface area contributed by atoms with Gasteiger partial charge in [0.15, 0.2) is 0 Å². The molecule has 0 spiro atoms. The van der Waals surface area contributed by atoms with Gasteiger partial charge in [-0.25, -0.2) is 0 Å². The summed E-state index contributed by atoms with van der Waals surface area (Å²) in [6.07, 6.45) is 1.28. The lowest BCUT2D eigenvalue weighted by Crippen LogP contribution is -2.16. The van der Waals surface area contributed by atoms with Gasteiger partial charge in [-0.2, -0.15) is 0 Å². The van der Waals surface area contributed by atoms with E-state index in [9.17, 15) is 5.11 Å². The molecule has 2 nitrogen and oxygen atoms in total. The zero-order chi connectivity index (χ0) is 10.1. The van der Waals surface area contributed by atoms with Gasteiger partial charge in [0.05, 0.1) is 13.2 Å². The summed E-state index contributed by atoms with van der Waals surface area (Å²) in [5, 5.41) is 9.62. The summed E-state index contributed by atoms with van der Waals surface area (Å²) in [4.78, 5) is 0. The molecule has 1 aromatic carbocycles. The molecule has 74 valence electrons. The molecule has 0 saturated heterocycles. The fourth-order valence-corrected chi connectivity index (χ4v) is 1.86. The van der Waals surface area contributed by atoms with Gasteiger partial charge in [0.25, 0.3) is 0 Å². The van der Waals surface area contributed by atoms with Crippen LogP contribution in [0.3, 0.4) is 0 Å². The third kappa shape index (κ3) is 1.42. The quantitative estimate of drug-likeness (QED) is 0.734. The first kappa shape index (κ1) is 9.28. The monoisotopic (exact) mass is 190 g/mol. The molecule has 1 aliphatic rings. The topological polar surface area (TPSA) is 29.5 Å². The van der Waals surface area contributed by atoms with E-state index in [4.69, 9.17) is 4.74 Å². The Bertz CT molecular complexity index is 369. The molecule has 0 fully saturated rings. The largest absolute Gasteiger partial charge is 0.497 e. The Kier molecular flexibility index (Phi) is 2.30. The van der Waals surface area contributed by atoms with Crippen molar-refractivity contribution in [3.8, 4) is 5.75 Å². The molecule has 2 rings (SSSR count). The third-order valence-electron chi connectivity index (χ3n) is 2.75. The third-order valence-corrected chi connectivity index (χ3v) is 2.75. The van der Waals surface area contributed by atoms with Crippen LogP contribution in [0.1, 0.15) is 17.5 Å². The first-order chi connectivity index (χ1) is 6.72. The summed E-state index contributed by atoms with van der Waals surface area (Å²) in [6.45, 7) is 3.90. The second kappa shape index (κ2) is 3.46. The fraction of sp³-hybridized carbons (Fsp3) is 0.333. The number of fused-ring (bicyclic) bond motifs is 1. The van der Waals surface area contributed by atoms with Crippen molar-refractivity contribution in [3.05, 3.63) is 35.9 Å². The van der Waals surface area contributed by atoms with Gasteiger partial charge >= 0.3 is 0 Å². The van der Waals surface area contributed by atoms with E-state index >= 15 is 0 Å². The molecule has 0 saturated carbocycles. The Morgan fingerprint density at radius 1 is 1.50 bits per heavy atom. The highest BCUT2D eigenvalue weighted by molar-refractivity contribution is 5.71. The summed E-state index contributed by atoms with van der Waals surface area (Å²) in [5.41, 5.74) is 3.12. The van der Waals surface area contributed by atoms with E-state index in [1.165, 1.54) is 5.56 Å². The van der Waals surface area contributed by atoms with Crippen molar-refractivity contribution >= 4 is 5.57 Å². The van der Waals surface area contributed by atoms with Crippen LogP contribution in [0.25, 0.3) is 5.57 Å². The molecule has 0 amide bonds. The van der Waals surface area contributed by atoms with Crippen molar-refractivity contribution < 1.29 is 9.84 Å². The van der Waals surface area contributed by atoms with Crippen molar-refractivity contribution in [2.24, 2.45) is 0 Å². The minimum absolute atomic E-state index is 0.379. The van der Waals surface area contributed by atoms with Crippen molar-refractivity contribution in [2.45, 2.75) is 18.9 Å². The summed E-state index contributed by atoms with van der Waals surface area (Å²) in [6, 6.07) is 5.90. The summed E-state index contributed by atoms with van der Waals surface area (Å²) in [7, 11) is 1.66. The molecule has 14 heavy (non-hydrogen) atoms. The Morgan fingerprint density at radius 3 is 3.00 bits per heavy atom. The minimum atomic E-state index is -0.379. The highest BCUT2D eigenvalue weighted by Crippen LogP contribution is 2.31. The molecule has 0 aromatic heterocycles. The molecule has 0 radical (unpaired) electrons. The average molecular weight is 190 g/mol. The maximum absolute atomic E-state index is 9.62. The maximum atomic E-state index is 9.62. The molecule has 0 heterocycles. The Morgan fingerprint density at radius 2 is 2.29 bits per heavy atom.